The molecular formula is C15H16ClNO3S. The molecule has 6 heteroatoms. The average molecular weight is 326 g/mol. The average Bonchev–Trinajstić information content (AvgIpc) is 2.40. The van der Waals surface area contributed by atoms with Gasteiger partial charge >= 0.3 is 0 Å². The van der Waals surface area contributed by atoms with E-state index in [0.717, 1.165) is 5.56 Å². The molecule has 0 heterocycles. The smallest absolute Gasteiger partial charge is 0.262 e. The van der Waals surface area contributed by atoms with E-state index in [1.807, 2.05) is 0 Å². The minimum absolute atomic E-state index is 0.223. The highest BCUT2D eigenvalue weighted by Gasteiger charge is 2.19. The van der Waals surface area contributed by atoms with Crippen LogP contribution in [0, 0.1) is 13.8 Å². The third-order valence-electron chi connectivity index (χ3n) is 3.06. The third kappa shape index (κ3) is 3.49. The van der Waals surface area contributed by atoms with Crippen molar-refractivity contribution in [2.75, 3.05) is 11.8 Å². The first kappa shape index (κ1) is 15.7. The van der Waals surface area contributed by atoms with E-state index in [1.54, 1.807) is 57.4 Å². The van der Waals surface area contributed by atoms with Crippen LogP contribution in [0.4, 0.5) is 5.69 Å². The molecule has 0 saturated carbocycles. The van der Waals surface area contributed by atoms with Crippen LogP contribution in [-0.4, -0.2) is 15.5 Å². The summed E-state index contributed by atoms with van der Waals surface area (Å²) in [5.41, 5.74) is 1.80. The first-order chi connectivity index (χ1) is 9.83. The molecule has 0 amide bonds. The summed E-state index contributed by atoms with van der Waals surface area (Å²) in [5, 5.41) is 0.470. The van der Waals surface area contributed by atoms with Gasteiger partial charge in [-0.15, -0.1) is 0 Å². The van der Waals surface area contributed by atoms with E-state index in [1.165, 1.54) is 0 Å². The lowest BCUT2D eigenvalue weighted by Crippen LogP contribution is -2.14. The van der Waals surface area contributed by atoms with Crippen LogP contribution < -0.4 is 9.46 Å². The van der Waals surface area contributed by atoms with Gasteiger partial charge in [0.25, 0.3) is 10.0 Å². The molecule has 2 aromatic carbocycles. The SMILES string of the molecule is COc1cc(C)c(S(=O)(=O)Nc2cccc(Cl)c2)cc1C. The monoisotopic (exact) mass is 325 g/mol. The molecule has 0 aromatic heterocycles. The Kier molecular flexibility index (Phi) is 4.44. The molecule has 0 aliphatic rings. The number of rotatable bonds is 4. The summed E-state index contributed by atoms with van der Waals surface area (Å²) >= 11 is 5.86. The van der Waals surface area contributed by atoms with Gasteiger partial charge in [0.1, 0.15) is 5.75 Å². The maximum Gasteiger partial charge on any atom is 0.262 e. The molecular weight excluding hydrogens is 310 g/mol. The van der Waals surface area contributed by atoms with Crippen molar-refractivity contribution < 1.29 is 13.2 Å². The van der Waals surface area contributed by atoms with E-state index < -0.39 is 10.0 Å². The molecule has 0 aliphatic heterocycles. The minimum atomic E-state index is -3.67. The van der Waals surface area contributed by atoms with E-state index in [9.17, 15) is 8.42 Å². The van der Waals surface area contributed by atoms with Gasteiger partial charge in [0, 0.05) is 5.02 Å². The summed E-state index contributed by atoms with van der Waals surface area (Å²) < 4.78 is 32.7. The van der Waals surface area contributed by atoms with Crippen LogP contribution >= 0.6 is 11.6 Å². The summed E-state index contributed by atoms with van der Waals surface area (Å²) in [6.45, 7) is 3.53. The number of anilines is 1. The second-order valence-electron chi connectivity index (χ2n) is 4.70. The van der Waals surface area contributed by atoms with Crippen molar-refractivity contribution in [2.45, 2.75) is 18.7 Å². The summed E-state index contributed by atoms with van der Waals surface area (Å²) in [6.07, 6.45) is 0. The number of halogens is 1. The van der Waals surface area contributed by atoms with Gasteiger partial charge in [0.15, 0.2) is 0 Å². The van der Waals surface area contributed by atoms with Crippen LogP contribution in [0.2, 0.25) is 5.02 Å². The van der Waals surface area contributed by atoms with Gasteiger partial charge in [-0.05, 0) is 55.3 Å². The second kappa shape index (κ2) is 5.95. The number of benzene rings is 2. The molecule has 0 fully saturated rings. The standard InChI is InChI=1S/C15H16ClNO3S/c1-10-8-15(11(2)7-14(10)20-3)21(18,19)17-13-6-4-5-12(16)9-13/h4-9,17H,1-3H3. The van der Waals surface area contributed by atoms with Crippen LogP contribution in [-0.2, 0) is 10.0 Å². The van der Waals surface area contributed by atoms with Crippen molar-refractivity contribution in [3.63, 3.8) is 0 Å². The summed E-state index contributed by atoms with van der Waals surface area (Å²) in [5.74, 6) is 0.661. The number of aryl methyl sites for hydroxylation is 2. The van der Waals surface area contributed by atoms with Gasteiger partial charge < -0.3 is 4.74 Å². The van der Waals surface area contributed by atoms with E-state index in [4.69, 9.17) is 16.3 Å². The van der Waals surface area contributed by atoms with E-state index in [2.05, 4.69) is 4.72 Å². The normalized spacial score (nSPS) is 11.2. The lowest BCUT2D eigenvalue weighted by molar-refractivity contribution is 0.411. The number of hydrogen-bond donors (Lipinski definition) is 1. The topological polar surface area (TPSA) is 55.4 Å². The maximum atomic E-state index is 12.5. The molecule has 112 valence electrons. The van der Waals surface area contributed by atoms with Crippen LogP contribution in [0.5, 0.6) is 5.75 Å². The zero-order valence-corrected chi connectivity index (χ0v) is 13.5. The Morgan fingerprint density at radius 2 is 1.81 bits per heavy atom. The van der Waals surface area contributed by atoms with Crippen LogP contribution in [0.1, 0.15) is 11.1 Å². The van der Waals surface area contributed by atoms with Crippen molar-refractivity contribution >= 4 is 27.3 Å². The third-order valence-corrected chi connectivity index (χ3v) is 4.82. The second-order valence-corrected chi connectivity index (χ2v) is 6.79. The quantitative estimate of drug-likeness (QED) is 0.931. The van der Waals surface area contributed by atoms with Gasteiger partial charge in [-0.3, -0.25) is 4.72 Å². The summed E-state index contributed by atoms with van der Waals surface area (Å²) in [7, 11) is -2.12. The molecule has 0 atom stereocenters. The predicted octanol–water partition coefficient (Wildman–Crippen LogP) is 3.77. The van der Waals surface area contributed by atoms with Gasteiger partial charge in [-0.25, -0.2) is 8.42 Å². The fourth-order valence-corrected chi connectivity index (χ4v) is 3.59. The Hall–Kier alpha value is -1.72. The number of ether oxygens (including phenoxy) is 1. The van der Waals surface area contributed by atoms with Gasteiger partial charge in [0.2, 0.25) is 0 Å². The van der Waals surface area contributed by atoms with Crippen molar-refractivity contribution in [1.29, 1.82) is 0 Å². The maximum absolute atomic E-state index is 12.5. The molecule has 0 saturated heterocycles. The highest BCUT2D eigenvalue weighted by Crippen LogP contribution is 2.27. The number of hydrogen-bond acceptors (Lipinski definition) is 3. The van der Waals surface area contributed by atoms with Crippen molar-refractivity contribution in [3.8, 4) is 5.75 Å². The van der Waals surface area contributed by atoms with Crippen LogP contribution in [0.25, 0.3) is 0 Å². The van der Waals surface area contributed by atoms with Crippen molar-refractivity contribution in [3.05, 3.63) is 52.5 Å². The Morgan fingerprint density at radius 1 is 1.10 bits per heavy atom. The number of methoxy groups -OCH3 is 1. The van der Waals surface area contributed by atoms with Gasteiger partial charge in [-0.2, -0.15) is 0 Å². The van der Waals surface area contributed by atoms with Gasteiger partial charge in [-0.1, -0.05) is 17.7 Å². The molecule has 0 radical (unpaired) electrons. The zero-order chi connectivity index (χ0) is 15.6. The lowest BCUT2D eigenvalue weighted by Gasteiger charge is -2.13. The Labute approximate surface area is 129 Å². The Bertz CT molecular complexity index is 772. The minimum Gasteiger partial charge on any atom is -0.496 e. The molecule has 21 heavy (non-hydrogen) atoms. The number of nitrogens with one attached hydrogen (secondary N) is 1. The fraction of sp³-hybridized carbons (Fsp3) is 0.200. The molecule has 2 aromatic rings. The first-order valence-electron chi connectivity index (χ1n) is 6.27. The van der Waals surface area contributed by atoms with Gasteiger partial charge in [0.05, 0.1) is 17.7 Å². The predicted molar refractivity (Wildman–Crippen MR) is 84.7 cm³/mol. The summed E-state index contributed by atoms with van der Waals surface area (Å²) in [6, 6.07) is 9.89. The zero-order valence-electron chi connectivity index (χ0n) is 12.0. The lowest BCUT2D eigenvalue weighted by atomic mass is 10.1. The van der Waals surface area contributed by atoms with Crippen LogP contribution in [0.15, 0.2) is 41.3 Å². The highest BCUT2D eigenvalue weighted by molar-refractivity contribution is 7.92. The van der Waals surface area contributed by atoms with E-state index >= 15 is 0 Å². The van der Waals surface area contributed by atoms with E-state index in [-0.39, 0.29) is 4.90 Å². The van der Waals surface area contributed by atoms with Crippen LogP contribution in [0.3, 0.4) is 0 Å². The molecule has 1 N–H and O–H groups in total. The fourth-order valence-electron chi connectivity index (χ4n) is 2.03. The largest absolute Gasteiger partial charge is 0.496 e. The molecule has 0 bridgehead atoms. The van der Waals surface area contributed by atoms with Crippen molar-refractivity contribution in [1.82, 2.24) is 0 Å². The Balaban J connectivity index is 2.42. The molecule has 0 spiro atoms. The molecule has 4 nitrogen and oxygen atoms in total. The summed E-state index contributed by atoms with van der Waals surface area (Å²) in [4.78, 5) is 0.223. The Morgan fingerprint density at radius 3 is 2.43 bits per heavy atom. The highest BCUT2D eigenvalue weighted by atomic mass is 35.5. The molecule has 0 unspecified atom stereocenters. The van der Waals surface area contributed by atoms with E-state index in [0.29, 0.717) is 22.0 Å². The number of sulfonamides is 1. The first-order valence-corrected chi connectivity index (χ1v) is 8.13. The molecule has 2 rings (SSSR count). The molecule has 0 aliphatic carbocycles. The van der Waals surface area contributed by atoms with Crippen molar-refractivity contribution in [2.24, 2.45) is 0 Å².